The lowest BCUT2D eigenvalue weighted by Crippen LogP contribution is -2.16. The standard InChI is InChI=1S/C14H17F3N2O/c15-14(16,17)7-6-11(18)9-4-5-12-10(8-9)2-1-3-13(20)19-12/h4-5,8,11H,1-3,6-7,18H2,(H,19,20). The molecule has 0 saturated heterocycles. The number of aryl methyl sites for hydroxylation is 1. The molecule has 1 aromatic carbocycles. The Labute approximate surface area is 115 Å². The number of hydrogen-bond donors (Lipinski definition) is 2. The summed E-state index contributed by atoms with van der Waals surface area (Å²) >= 11 is 0. The number of benzene rings is 1. The fourth-order valence-electron chi connectivity index (χ4n) is 2.31. The van der Waals surface area contributed by atoms with Gasteiger partial charge in [-0.3, -0.25) is 4.79 Å². The number of anilines is 1. The fourth-order valence-corrected chi connectivity index (χ4v) is 2.31. The van der Waals surface area contributed by atoms with Gasteiger partial charge in [0.15, 0.2) is 0 Å². The third kappa shape index (κ3) is 3.96. The molecule has 20 heavy (non-hydrogen) atoms. The third-order valence-corrected chi connectivity index (χ3v) is 3.42. The summed E-state index contributed by atoms with van der Waals surface area (Å²) in [5.41, 5.74) is 8.17. The van der Waals surface area contributed by atoms with Crippen molar-refractivity contribution in [3.05, 3.63) is 29.3 Å². The quantitative estimate of drug-likeness (QED) is 0.895. The second kappa shape index (κ2) is 5.83. The van der Waals surface area contributed by atoms with Gasteiger partial charge in [0, 0.05) is 24.6 Å². The van der Waals surface area contributed by atoms with Crippen LogP contribution in [0.5, 0.6) is 0 Å². The Bertz CT molecular complexity index is 500. The predicted molar refractivity (Wildman–Crippen MR) is 70.2 cm³/mol. The molecule has 1 atom stereocenters. The molecule has 2 rings (SSSR count). The van der Waals surface area contributed by atoms with Gasteiger partial charge in [-0.1, -0.05) is 12.1 Å². The van der Waals surface area contributed by atoms with E-state index in [1.54, 1.807) is 12.1 Å². The minimum atomic E-state index is -4.18. The Hall–Kier alpha value is -1.56. The van der Waals surface area contributed by atoms with Gasteiger partial charge in [-0.05, 0) is 36.5 Å². The van der Waals surface area contributed by atoms with Gasteiger partial charge >= 0.3 is 6.18 Å². The molecular weight excluding hydrogens is 269 g/mol. The van der Waals surface area contributed by atoms with Crippen molar-refractivity contribution >= 4 is 11.6 Å². The number of nitrogens with two attached hydrogens (primary N) is 1. The number of amides is 1. The molecule has 0 aliphatic carbocycles. The fraction of sp³-hybridized carbons (Fsp3) is 0.500. The first-order valence-electron chi connectivity index (χ1n) is 6.60. The van der Waals surface area contributed by atoms with Crippen molar-refractivity contribution in [3.63, 3.8) is 0 Å². The van der Waals surface area contributed by atoms with Gasteiger partial charge in [0.25, 0.3) is 0 Å². The highest BCUT2D eigenvalue weighted by molar-refractivity contribution is 5.92. The number of halogens is 3. The number of fused-ring (bicyclic) bond motifs is 1. The lowest BCUT2D eigenvalue weighted by molar-refractivity contribution is -0.136. The third-order valence-electron chi connectivity index (χ3n) is 3.42. The molecule has 0 bridgehead atoms. The number of carbonyl (C=O) groups is 1. The van der Waals surface area contributed by atoms with Gasteiger partial charge in [-0.15, -0.1) is 0 Å². The van der Waals surface area contributed by atoms with E-state index in [-0.39, 0.29) is 12.3 Å². The second-order valence-electron chi connectivity index (χ2n) is 5.08. The van der Waals surface area contributed by atoms with Crippen LogP contribution >= 0.6 is 0 Å². The zero-order valence-corrected chi connectivity index (χ0v) is 11.0. The van der Waals surface area contributed by atoms with Crippen molar-refractivity contribution in [2.75, 3.05) is 5.32 Å². The van der Waals surface area contributed by atoms with Crippen LogP contribution < -0.4 is 11.1 Å². The first-order valence-corrected chi connectivity index (χ1v) is 6.60. The highest BCUT2D eigenvalue weighted by Gasteiger charge is 2.28. The Kier molecular flexibility index (Phi) is 4.32. The van der Waals surface area contributed by atoms with E-state index in [1.807, 2.05) is 6.07 Å². The van der Waals surface area contributed by atoms with Gasteiger partial charge in [0.05, 0.1) is 0 Å². The average Bonchev–Trinajstić information content (AvgIpc) is 2.54. The van der Waals surface area contributed by atoms with Crippen LogP contribution in [-0.4, -0.2) is 12.1 Å². The van der Waals surface area contributed by atoms with Gasteiger partial charge in [0.2, 0.25) is 5.91 Å². The van der Waals surface area contributed by atoms with Gasteiger partial charge in [-0.25, -0.2) is 0 Å². The molecule has 0 spiro atoms. The summed E-state index contributed by atoms with van der Waals surface area (Å²) in [6.45, 7) is 0. The van der Waals surface area contributed by atoms with E-state index in [0.29, 0.717) is 12.0 Å². The van der Waals surface area contributed by atoms with Gasteiger partial charge < -0.3 is 11.1 Å². The van der Waals surface area contributed by atoms with Crippen LogP contribution in [0, 0.1) is 0 Å². The van der Waals surface area contributed by atoms with Crippen molar-refractivity contribution < 1.29 is 18.0 Å². The van der Waals surface area contributed by atoms with Crippen molar-refractivity contribution in [2.45, 2.75) is 44.3 Å². The molecule has 0 fully saturated rings. The molecule has 110 valence electrons. The summed E-state index contributed by atoms with van der Waals surface area (Å²) in [5, 5.41) is 2.79. The van der Waals surface area contributed by atoms with E-state index in [9.17, 15) is 18.0 Å². The molecule has 1 amide bonds. The zero-order chi connectivity index (χ0) is 14.8. The van der Waals surface area contributed by atoms with Crippen LogP contribution in [0.15, 0.2) is 18.2 Å². The summed E-state index contributed by atoms with van der Waals surface area (Å²) in [4.78, 5) is 11.4. The molecule has 3 nitrogen and oxygen atoms in total. The van der Waals surface area contributed by atoms with Crippen molar-refractivity contribution in [2.24, 2.45) is 5.73 Å². The zero-order valence-electron chi connectivity index (χ0n) is 11.0. The Morgan fingerprint density at radius 1 is 1.30 bits per heavy atom. The monoisotopic (exact) mass is 286 g/mol. The number of carbonyl (C=O) groups excluding carboxylic acids is 1. The lowest BCUT2D eigenvalue weighted by Gasteiger charge is -2.16. The van der Waals surface area contributed by atoms with Crippen LogP contribution in [0.2, 0.25) is 0 Å². The van der Waals surface area contributed by atoms with Gasteiger partial charge in [0.1, 0.15) is 0 Å². The molecule has 1 unspecified atom stereocenters. The summed E-state index contributed by atoms with van der Waals surface area (Å²) < 4.78 is 36.6. The van der Waals surface area contributed by atoms with Crippen molar-refractivity contribution in [3.8, 4) is 0 Å². The van der Waals surface area contributed by atoms with Crippen molar-refractivity contribution in [1.29, 1.82) is 0 Å². The van der Waals surface area contributed by atoms with Gasteiger partial charge in [-0.2, -0.15) is 13.2 Å². The largest absolute Gasteiger partial charge is 0.389 e. The van der Waals surface area contributed by atoms with Crippen LogP contribution in [0.4, 0.5) is 18.9 Å². The highest BCUT2D eigenvalue weighted by atomic mass is 19.4. The average molecular weight is 286 g/mol. The van der Waals surface area contributed by atoms with E-state index in [1.165, 1.54) is 0 Å². The number of nitrogens with one attached hydrogen (secondary N) is 1. The highest BCUT2D eigenvalue weighted by Crippen LogP contribution is 2.29. The maximum Gasteiger partial charge on any atom is 0.389 e. The smallest absolute Gasteiger partial charge is 0.326 e. The van der Waals surface area contributed by atoms with E-state index in [4.69, 9.17) is 5.73 Å². The number of hydrogen-bond acceptors (Lipinski definition) is 2. The topological polar surface area (TPSA) is 55.1 Å². The number of alkyl halides is 3. The van der Waals surface area contributed by atoms with E-state index in [2.05, 4.69) is 5.32 Å². The SMILES string of the molecule is NC(CCC(F)(F)F)c1ccc2c(c1)CCCC(=O)N2. The summed E-state index contributed by atoms with van der Waals surface area (Å²) in [6.07, 6.45) is -3.27. The molecule has 1 aliphatic heterocycles. The normalized spacial score (nSPS) is 17.1. The maximum absolute atomic E-state index is 12.2. The molecule has 1 aliphatic rings. The van der Waals surface area contributed by atoms with Crippen LogP contribution in [0.1, 0.15) is 42.9 Å². The summed E-state index contributed by atoms with van der Waals surface area (Å²) in [6, 6.07) is 4.58. The Morgan fingerprint density at radius 3 is 2.75 bits per heavy atom. The molecular formula is C14H17F3N2O. The van der Waals surface area contributed by atoms with Crippen LogP contribution in [0.25, 0.3) is 0 Å². The Morgan fingerprint density at radius 2 is 2.05 bits per heavy atom. The second-order valence-corrected chi connectivity index (χ2v) is 5.08. The molecule has 0 saturated carbocycles. The predicted octanol–water partition coefficient (Wildman–Crippen LogP) is 3.30. The maximum atomic E-state index is 12.2. The minimum Gasteiger partial charge on any atom is -0.326 e. The molecule has 1 heterocycles. The van der Waals surface area contributed by atoms with Crippen molar-refractivity contribution in [1.82, 2.24) is 0 Å². The van der Waals surface area contributed by atoms with E-state index in [0.717, 1.165) is 24.1 Å². The first kappa shape index (κ1) is 14.8. The summed E-state index contributed by atoms with van der Waals surface area (Å²) in [7, 11) is 0. The molecule has 0 aromatic heterocycles. The molecule has 0 radical (unpaired) electrons. The first-order chi connectivity index (χ1) is 9.35. The van der Waals surface area contributed by atoms with Crippen LogP contribution in [0.3, 0.4) is 0 Å². The summed E-state index contributed by atoms with van der Waals surface area (Å²) in [5.74, 6) is -0.0298. The number of rotatable bonds is 3. The lowest BCUT2D eigenvalue weighted by atomic mass is 9.98. The minimum absolute atomic E-state index is 0.0298. The van der Waals surface area contributed by atoms with E-state index >= 15 is 0 Å². The van der Waals surface area contributed by atoms with E-state index < -0.39 is 18.6 Å². The molecule has 6 heteroatoms. The molecule has 3 N–H and O–H groups in total. The van der Waals surface area contributed by atoms with Crippen LogP contribution in [-0.2, 0) is 11.2 Å². The Balaban J connectivity index is 2.10. The molecule has 1 aromatic rings.